The van der Waals surface area contributed by atoms with Gasteiger partial charge in [-0.1, -0.05) is 13.0 Å². The molecule has 0 unspecified atom stereocenters. The molecule has 0 radical (unpaired) electrons. The maximum Gasteiger partial charge on any atom is 0.305 e. The lowest BCUT2D eigenvalue weighted by molar-refractivity contribution is -0.140. The minimum atomic E-state index is -0.262. The van der Waals surface area contributed by atoms with E-state index >= 15 is 0 Å². The molecular formula is C36H65NO14. The van der Waals surface area contributed by atoms with Crippen molar-refractivity contribution >= 4 is 11.7 Å². The Morgan fingerprint density at radius 1 is 0.510 bits per heavy atom. The van der Waals surface area contributed by atoms with Gasteiger partial charge in [-0.15, -0.1) is 0 Å². The van der Waals surface area contributed by atoms with Crippen molar-refractivity contribution in [1.29, 1.82) is 0 Å². The maximum atomic E-state index is 11.6. The normalized spacial score (nSPS) is 11.4. The average Bonchev–Trinajstić information content (AvgIpc) is 3.15. The van der Waals surface area contributed by atoms with Crippen molar-refractivity contribution < 1.29 is 67.1 Å². The lowest BCUT2D eigenvalue weighted by atomic mass is 10.1. The zero-order valence-electron chi connectivity index (χ0n) is 31.1. The SMILES string of the molecule is CCCOCCOCCOCCOCCOCCOCCOCCOCCOCCOCCN(CCCC(=O)OC)c1cc(CO)cc(CO)c1. The van der Waals surface area contributed by atoms with E-state index in [0.29, 0.717) is 163 Å². The third kappa shape index (κ3) is 29.2. The first-order chi connectivity index (χ1) is 25.1. The summed E-state index contributed by atoms with van der Waals surface area (Å²) in [6, 6.07) is 5.52. The van der Waals surface area contributed by atoms with Crippen LogP contribution in [0.4, 0.5) is 5.69 Å². The second-order valence-corrected chi connectivity index (χ2v) is 11.1. The summed E-state index contributed by atoms with van der Waals surface area (Å²) in [7, 11) is 1.37. The molecule has 0 aliphatic rings. The number of esters is 1. The molecule has 15 nitrogen and oxygen atoms in total. The molecule has 0 bridgehead atoms. The van der Waals surface area contributed by atoms with Gasteiger partial charge in [-0.05, 0) is 36.1 Å². The van der Waals surface area contributed by atoms with E-state index < -0.39 is 0 Å². The minimum Gasteiger partial charge on any atom is -0.469 e. The number of carbonyl (C=O) groups excluding carboxylic acids is 1. The fourth-order valence-corrected chi connectivity index (χ4v) is 4.39. The predicted molar refractivity (Wildman–Crippen MR) is 190 cm³/mol. The summed E-state index contributed by atoms with van der Waals surface area (Å²) in [5.74, 6) is -0.262. The average molecular weight is 736 g/mol. The van der Waals surface area contributed by atoms with E-state index in [1.807, 2.05) is 12.1 Å². The van der Waals surface area contributed by atoms with E-state index in [1.165, 1.54) is 7.11 Å². The Morgan fingerprint density at radius 3 is 1.16 bits per heavy atom. The summed E-state index contributed by atoms with van der Waals surface area (Å²) in [5, 5.41) is 19.2. The van der Waals surface area contributed by atoms with Crippen LogP contribution in [-0.2, 0) is 70.1 Å². The summed E-state index contributed by atoms with van der Waals surface area (Å²) in [6.45, 7) is 13.3. The molecular weight excluding hydrogens is 670 g/mol. The van der Waals surface area contributed by atoms with Crippen LogP contribution in [0, 0.1) is 0 Å². The molecule has 1 rings (SSSR count). The van der Waals surface area contributed by atoms with Crippen LogP contribution in [0.5, 0.6) is 0 Å². The zero-order chi connectivity index (χ0) is 36.9. The fourth-order valence-electron chi connectivity index (χ4n) is 4.39. The molecule has 0 saturated heterocycles. The van der Waals surface area contributed by atoms with Gasteiger partial charge in [-0.25, -0.2) is 0 Å². The lowest BCUT2D eigenvalue weighted by Gasteiger charge is -2.26. The van der Waals surface area contributed by atoms with Crippen molar-refractivity contribution in [3.05, 3.63) is 29.3 Å². The Kier molecular flexibility index (Phi) is 33.5. The second kappa shape index (κ2) is 36.4. The van der Waals surface area contributed by atoms with Crippen LogP contribution in [0.25, 0.3) is 0 Å². The minimum absolute atomic E-state index is 0.128. The number of benzene rings is 1. The highest BCUT2D eigenvalue weighted by Gasteiger charge is 2.11. The van der Waals surface area contributed by atoms with E-state index in [-0.39, 0.29) is 19.2 Å². The number of aliphatic hydroxyl groups is 2. The monoisotopic (exact) mass is 735 g/mol. The van der Waals surface area contributed by atoms with Crippen LogP contribution in [0.15, 0.2) is 18.2 Å². The van der Waals surface area contributed by atoms with Crippen molar-refractivity contribution in [2.75, 3.05) is 157 Å². The number of rotatable bonds is 39. The Balaban J connectivity index is 1.89. The van der Waals surface area contributed by atoms with Gasteiger partial charge in [0.2, 0.25) is 0 Å². The summed E-state index contributed by atoms with van der Waals surface area (Å²) >= 11 is 0. The summed E-state index contributed by atoms with van der Waals surface area (Å²) in [6.07, 6.45) is 1.92. The van der Waals surface area contributed by atoms with E-state index in [0.717, 1.165) is 18.7 Å². The zero-order valence-corrected chi connectivity index (χ0v) is 31.1. The van der Waals surface area contributed by atoms with Crippen LogP contribution in [0.1, 0.15) is 37.3 Å². The van der Waals surface area contributed by atoms with Gasteiger partial charge in [0.25, 0.3) is 0 Å². The number of hydrogen-bond donors (Lipinski definition) is 2. The van der Waals surface area contributed by atoms with Crippen LogP contribution in [0.2, 0.25) is 0 Å². The van der Waals surface area contributed by atoms with Crippen LogP contribution in [-0.4, -0.2) is 169 Å². The topological polar surface area (TPSA) is 162 Å². The smallest absolute Gasteiger partial charge is 0.305 e. The molecule has 15 heteroatoms. The number of hydrogen-bond acceptors (Lipinski definition) is 15. The summed E-state index contributed by atoms with van der Waals surface area (Å²) < 4.78 is 59.7. The molecule has 0 heterocycles. The molecule has 0 spiro atoms. The number of methoxy groups -OCH3 is 1. The highest BCUT2D eigenvalue weighted by Crippen LogP contribution is 2.20. The molecule has 1 aromatic rings. The Bertz CT molecular complexity index is 890. The van der Waals surface area contributed by atoms with Crippen molar-refractivity contribution in [3.63, 3.8) is 0 Å². The Labute approximate surface area is 304 Å². The highest BCUT2D eigenvalue weighted by atomic mass is 16.6. The van der Waals surface area contributed by atoms with Gasteiger partial charge in [0.1, 0.15) is 0 Å². The second-order valence-electron chi connectivity index (χ2n) is 11.1. The van der Waals surface area contributed by atoms with E-state index in [9.17, 15) is 15.0 Å². The van der Waals surface area contributed by atoms with Gasteiger partial charge in [0, 0.05) is 31.8 Å². The van der Waals surface area contributed by atoms with Crippen LogP contribution >= 0.6 is 0 Å². The van der Waals surface area contributed by atoms with Gasteiger partial charge >= 0.3 is 5.97 Å². The maximum absolute atomic E-state index is 11.6. The van der Waals surface area contributed by atoms with Crippen molar-refractivity contribution in [1.82, 2.24) is 0 Å². The standard InChI is InChI=1S/C36H65NO14/c1-3-8-42-10-12-44-14-16-46-18-20-48-22-24-50-26-27-51-25-23-49-21-19-47-17-15-45-13-11-43-9-7-37(6-4-5-36(40)41-2)35-29-33(31-38)28-34(30-35)32-39/h28-30,38-39H,3-27,31-32H2,1-2H3. The first kappa shape index (κ1) is 47.0. The summed E-state index contributed by atoms with van der Waals surface area (Å²) in [5.41, 5.74) is 2.28. The third-order valence-electron chi connectivity index (χ3n) is 7.01. The first-order valence-electron chi connectivity index (χ1n) is 18.1. The molecule has 0 amide bonds. The van der Waals surface area contributed by atoms with E-state index in [1.54, 1.807) is 6.07 Å². The third-order valence-corrected chi connectivity index (χ3v) is 7.01. The first-order valence-corrected chi connectivity index (χ1v) is 18.1. The number of carbonyl (C=O) groups is 1. The van der Waals surface area contributed by atoms with Crippen molar-refractivity contribution in [3.8, 4) is 0 Å². The molecule has 0 aromatic heterocycles. The van der Waals surface area contributed by atoms with Gasteiger partial charge < -0.3 is 67.2 Å². The molecule has 0 fully saturated rings. The van der Waals surface area contributed by atoms with Gasteiger partial charge in [0.05, 0.1) is 146 Å². The molecule has 51 heavy (non-hydrogen) atoms. The van der Waals surface area contributed by atoms with Gasteiger partial charge in [-0.2, -0.15) is 0 Å². The van der Waals surface area contributed by atoms with Gasteiger partial charge in [0.15, 0.2) is 0 Å². The molecule has 0 atom stereocenters. The number of aliphatic hydroxyl groups excluding tert-OH is 2. The fraction of sp³-hybridized carbons (Fsp3) is 0.806. The largest absolute Gasteiger partial charge is 0.469 e. The Hall–Kier alpha value is -1.99. The molecule has 0 aliphatic heterocycles. The Morgan fingerprint density at radius 2 is 0.843 bits per heavy atom. The lowest BCUT2D eigenvalue weighted by Crippen LogP contribution is -2.29. The predicted octanol–water partition coefficient (Wildman–Crippen LogP) is 2.01. The van der Waals surface area contributed by atoms with Gasteiger partial charge in [-0.3, -0.25) is 4.79 Å². The molecule has 0 saturated carbocycles. The molecule has 298 valence electrons. The van der Waals surface area contributed by atoms with Crippen LogP contribution < -0.4 is 4.90 Å². The van der Waals surface area contributed by atoms with E-state index in [2.05, 4.69) is 11.8 Å². The number of anilines is 1. The molecule has 2 N–H and O–H groups in total. The highest BCUT2D eigenvalue weighted by molar-refractivity contribution is 5.69. The number of ether oxygens (including phenoxy) is 11. The van der Waals surface area contributed by atoms with E-state index in [4.69, 9.17) is 52.1 Å². The van der Waals surface area contributed by atoms with Crippen LogP contribution in [0.3, 0.4) is 0 Å². The molecule has 1 aromatic carbocycles. The molecule has 0 aliphatic carbocycles. The quantitative estimate of drug-likeness (QED) is 0.0746. The van der Waals surface area contributed by atoms with Crippen molar-refractivity contribution in [2.45, 2.75) is 39.4 Å². The summed E-state index contributed by atoms with van der Waals surface area (Å²) in [4.78, 5) is 13.6. The number of nitrogens with zero attached hydrogens (tertiary/aromatic N) is 1. The van der Waals surface area contributed by atoms with Crippen molar-refractivity contribution in [2.24, 2.45) is 0 Å².